The molecule has 1 unspecified atom stereocenters. The van der Waals surface area contributed by atoms with Gasteiger partial charge in [-0.1, -0.05) is 6.42 Å². The van der Waals surface area contributed by atoms with Crippen molar-refractivity contribution < 1.29 is 22.7 Å². The summed E-state index contributed by atoms with van der Waals surface area (Å²) in [6, 6.07) is 4.92. The summed E-state index contributed by atoms with van der Waals surface area (Å²) >= 11 is 0. The summed E-state index contributed by atoms with van der Waals surface area (Å²) in [5.41, 5.74) is 0.578. The Kier molecular flexibility index (Phi) is 5.15. The molecule has 0 spiro atoms. The minimum atomic E-state index is -4.36. The number of piperidine rings is 1. The van der Waals surface area contributed by atoms with Crippen LogP contribution in [0.5, 0.6) is 0 Å². The van der Waals surface area contributed by atoms with Crippen LogP contribution in [-0.4, -0.2) is 34.2 Å². The van der Waals surface area contributed by atoms with E-state index in [1.165, 1.54) is 12.1 Å². The van der Waals surface area contributed by atoms with Crippen LogP contribution < -0.4 is 0 Å². The van der Waals surface area contributed by atoms with Crippen LogP contribution in [0.25, 0.3) is 11.5 Å². The van der Waals surface area contributed by atoms with E-state index >= 15 is 0 Å². The van der Waals surface area contributed by atoms with Gasteiger partial charge < -0.3 is 9.52 Å². The molecule has 1 aromatic carbocycles. The number of hydrogen-bond donors (Lipinski definition) is 1. The minimum absolute atomic E-state index is 0.114. The van der Waals surface area contributed by atoms with E-state index in [0.29, 0.717) is 23.8 Å². The Balaban J connectivity index is 1.78. The number of aliphatic hydroxyl groups excluding tert-OH is 1. The van der Waals surface area contributed by atoms with Gasteiger partial charge in [-0.2, -0.15) is 13.2 Å². The van der Waals surface area contributed by atoms with Crippen molar-refractivity contribution >= 4 is 0 Å². The van der Waals surface area contributed by atoms with Gasteiger partial charge in [0, 0.05) is 18.2 Å². The summed E-state index contributed by atoms with van der Waals surface area (Å²) in [5, 5.41) is 9.51. The van der Waals surface area contributed by atoms with E-state index in [9.17, 15) is 18.3 Å². The molecule has 2 aromatic rings. The van der Waals surface area contributed by atoms with Gasteiger partial charge in [0.1, 0.15) is 5.76 Å². The van der Waals surface area contributed by atoms with E-state index < -0.39 is 11.7 Å². The highest BCUT2D eigenvalue weighted by molar-refractivity contribution is 5.54. The lowest BCUT2D eigenvalue weighted by molar-refractivity contribution is -0.137. The molecule has 3 rings (SSSR count). The Morgan fingerprint density at radius 3 is 2.60 bits per heavy atom. The summed E-state index contributed by atoms with van der Waals surface area (Å²) < 4.78 is 43.6. The van der Waals surface area contributed by atoms with Crippen LogP contribution >= 0.6 is 0 Å². The van der Waals surface area contributed by atoms with Crippen molar-refractivity contribution in [3.8, 4) is 11.5 Å². The third-order valence-electron chi connectivity index (χ3n) is 4.66. The van der Waals surface area contributed by atoms with Gasteiger partial charge in [0.05, 0.1) is 17.9 Å². The van der Waals surface area contributed by atoms with Crippen LogP contribution in [0.4, 0.5) is 13.2 Å². The largest absolute Gasteiger partial charge is 0.441 e. The molecule has 1 aliphatic heterocycles. The summed E-state index contributed by atoms with van der Waals surface area (Å²) in [7, 11) is 0. The Bertz CT molecular complexity index is 710. The number of alkyl halides is 3. The van der Waals surface area contributed by atoms with Gasteiger partial charge in [-0.15, -0.1) is 0 Å². The first kappa shape index (κ1) is 17.9. The zero-order valence-electron chi connectivity index (χ0n) is 14.0. The van der Waals surface area contributed by atoms with Gasteiger partial charge in [-0.25, -0.2) is 4.98 Å². The van der Waals surface area contributed by atoms with Crippen LogP contribution in [0.15, 0.2) is 28.7 Å². The molecule has 1 atom stereocenters. The number of oxazole rings is 1. The van der Waals surface area contributed by atoms with Crippen molar-refractivity contribution in [1.29, 1.82) is 0 Å². The van der Waals surface area contributed by atoms with Crippen LogP contribution in [-0.2, 0) is 12.7 Å². The number of halogens is 3. The van der Waals surface area contributed by atoms with Crippen molar-refractivity contribution in [2.45, 2.75) is 44.9 Å². The molecular formula is C18H21F3N2O2. The van der Waals surface area contributed by atoms with Crippen molar-refractivity contribution in [2.24, 2.45) is 0 Å². The van der Waals surface area contributed by atoms with E-state index in [0.717, 1.165) is 43.6 Å². The number of nitrogens with zero attached hydrogens (tertiary/aromatic N) is 2. The Hall–Kier alpha value is -1.86. The minimum Gasteiger partial charge on any atom is -0.441 e. The topological polar surface area (TPSA) is 49.5 Å². The highest BCUT2D eigenvalue weighted by Gasteiger charge is 2.30. The van der Waals surface area contributed by atoms with Gasteiger partial charge in [0.25, 0.3) is 0 Å². The molecule has 1 N–H and O–H groups in total. The van der Waals surface area contributed by atoms with Gasteiger partial charge >= 0.3 is 6.18 Å². The number of aromatic nitrogens is 1. The Morgan fingerprint density at radius 1 is 1.24 bits per heavy atom. The average Bonchev–Trinajstić information content (AvgIpc) is 2.95. The lowest BCUT2D eigenvalue weighted by Crippen LogP contribution is -2.41. The molecule has 0 radical (unpaired) electrons. The third-order valence-corrected chi connectivity index (χ3v) is 4.66. The lowest BCUT2D eigenvalue weighted by Gasteiger charge is -2.33. The van der Waals surface area contributed by atoms with Gasteiger partial charge in [0.15, 0.2) is 0 Å². The van der Waals surface area contributed by atoms with Gasteiger partial charge in [-0.3, -0.25) is 4.90 Å². The molecular weight excluding hydrogens is 333 g/mol. The second-order valence-electron chi connectivity index (χ2n) is 6.40. The number of benzene rings is 1. The normalized spacial score (nSPS) is 19.3. The monoisotopic (exact) mass is 354 g/mol. The van der Waals surface area contributed by atoms with Crippen LogP contribution in [0, 0.1) is 6.92 Å². The number of likely N-dealkylation sites (tertiary alicyclic amines) is 1. The lowest BCUT2D eigenvalue weighted by atomic mass is 10.0. The molecule has 25 heavy (non-hydrogen) atoms. The van der Waals surface area contributed by atoms with E-state index in [-0.39, 0.29) is 12.6 Å². The first-order valence-electron chi connectivity index (χ1n) is 8.37. The maximum atomic E-state index is 12.7. The average molecular weight is 354 g/mol. The smallest absolute Gasteiger partial charge is 0.416 e. The quantitative estimate of drug-likeness (QED) is 0.901. The zero-order chi connectivity index (χ0) is 18.0. The maximum Gasteiger partial charge on any atom is 0.416 e. The highest BCUT2D eigenvalue weighted by Crippen LogP contribution is 2.31. The summed E-state index contributed by atoms with van der Waals surface area (Å²) in [4.78, 5) is 6.65. The standard InChI is InChI=1S/C18H21F3N2O2/c1-12-16(10-23-9-3-2-4-15(23)11-24)22-17(25-12)13-5-7-14(8-6-13)18(19,20)21/h5-8,15,24H,2-4,9-11H2,1H3. The second kappa shape index (κ2) is 7.17. The molecule has 0 saturated carbocycles. The molecule has 136 valence electrons. The zero-order valence-corrected chi connectivity index (χ0v) is 14.0. The summed E-state index contributed by atoms with van der Waals surface area (Å²) in [5.74, 6) is 0.968. The van der Waals surface area contributed by atoms with E-state index in [1.54, 1.807) is 6.92 Å². The molecule has 1 fully saturated rings. The van der Waals surface area contributed by atoms with Crippen LogP contribution in [0.2, 0.25) is 0 Å². The summed E-state index contributed by atoms with van der Waals surface area (Å²) in [6.07, 6.45) is -1.21. The summed E-state index contributed by atoms with van der Waals surface area (Å²) in [6.45, 7) is 3.38. The fraction of sp³-hybridized carbons (Fsp3) is 0.500. The number of aliphatic hydroxyl groups is 1. The first-order chi connectivity index (χ1) is 11.9. The van der Waals surface area contributed by atoms with Crippen LogP contribution in [0.3, 0.4) is 0 Å². The van der Waals surface area contributed by atoms with Gasteiger partial charge in [0.2, 0.25) is 5.89 Å². The molecule has 1 aliphatic rings. The molecule has 1 aromatic heterocycles. The third kappa shape index (κ3) is 4.04. The molecule has 1 saturated heterocycles. The molecule has 2 heterocycles. The first-order valence-corrected chi connectivity index (χ1v) is 8.37. The maximum absolute atomic E-state index is 12.7. The highest BCUT2D eigenvalue weighted by atomic mass is 19.4. The van der Waals surface area contributed by atoms with E-state index in [1.807, 2.05) is 0 Å². The van der Waals surface area contributed by atoms with E-state index in [2.05, 4.69) is 9.88 Å². The predicted molar refractivity (Wildman–Crippen MR) is 86.8 cm³/mol. The Labute approximate surface area is 144 Å². The van der Waals surface area contributed by atoms with Crippen LogP contribution in [0.1, 0.15) is 36.3 Å². The fourth-order valence-electron chi connectivity index (χ4n) is 3.17. The molecule has 0 amide bonds. The SMILES string of the molecule is Cc1oc(-c2ccc(C(F)(F)F)cc2)nc1CN1CCCCC1CO. The predicted octanol–water partition coefficient (Wildman–Crippen LogP) is 4.02. The fourth-order valence-corrected chi connectivity index (χ4v) is 3.17. The number of aryl methyl sites for hydroxylation is 1. The molecule has 0 bridgehead atoms. The van der Waals surface area contributed by atoms with Crippen molar-refractivity contribution in [3.63, 3.8) is 0 Å². The number of hydrogen-bond acceptors (Lipinski definition) is 4. The van der Waals surface area contributed by atoms with Gasteiger partial charge in [-0.05, 0) is 50.6 Å². The Morgan fingerprint density at radius 2 is 1.96 bits per heavy atom. The number of rotatable bonds is 4. The molecule has 7 heteroatoms. The van der Waals surface area contributed by atoms with E-state index in [4.69, 9.17) is 4.42 Å². The second-order valence-corrected chi connectivity index (χ2v) is 6.40. The van der Waals surface area contributed by atoms with Crippen molar-refractivity contribution in [1.82, 2.24) is 9.88 Å². The van der Waals surface area contributed by atoms with Crippen molar-refractivity contribution in [3.05, 3.63) is 41.3 Å². The molecule has 4 nitrogen and oxygen atoms in total. The van der Waals surface area contributed by atoms with Crippen molar-refractivity contribution in [2.75, 3.05) is 13.2 Å². The molecule has 0 aliphatic carbocycles.